The van der Waals surface area contributed by atoms with Crippen LogP contribution in [-0.2, 0) is 32.0 Å². The molecule has 3 amide bonds. The zero-order valence-corrected chi connectivity index (χ0v) is 22.8. The summed E-state index contributed by atoms with van der Waals surface area (Å²) in [6.07, 6.45) is 3.41. The number of hydrogen-bond donors (Lipinski definition) is 1. The Morgan fingerprint density at radius 3 is 2.84 bits per heavy atom. The number of pyridine rings is 1. The molecule has 1 fully saturated rings. The number of carbonyl (C=O) groups excluding carboxylic acids is 3. The van der Waals surface area contributed by atoms with Crippen LogP contribution in [0.25, 0.3) is 11.3 Å². The van der Waals surface area contributed by atoms with Crippen LogP contribution in [0, 0.1) is 5.92 Å². The number of ether oxygens (including phenoxy) is 2. The molecule has 2 aromatic heterocycles. The third-order valence-electron chi connectivity index (χ3n) is 6.27. The summed E-state index contributed by atoms with van der Waals surface area (Å²) in [6, 6.07) is 2.00. The quantitative estimate of drug-likeness (QED) is 0.504. The number of fused-ring (bicyclic) bond motifs is 1. The number of thiazole rings is 1. The fourth-order valence-electron chi connectivity index (χ4n) is 4.46. The number of anilines is 1. The predicted molar refractivity (Wildman–Crippen MR) is 141 cm³/mol. The molecule has 2 aliphatic heterocycles. The highest BCUT2D eigenvalue weighted by atomic mass is 32.1. The Kier molecular flexibility index (Phi) is 8.93. The molecule has 0 radical (unpaired) electrons. The monoisotopic (exact) mass is 547 g/mol. The molecule has 2 aliphatic rings. The Morgan fingerprint density at radius 1 is 1.26 bits per heavy atom. The SMILES string of the molecule is CC(C)(C)OC(=O)N1CCc2cc(-c3csc(CNC(=O)[C@H]4CCCN(C(=O)COCCF)C4)n3)cnc21. The highest BCUT2D eigenvalue weighted by molar-refractivity contribution is 7.09. The van der Waals surface area contributed by atoms with Crippen LogP contribution in [0.2, 0.25) is 0 Å². The second kappa shape index (κ2) is 12.2. The highest BCUT2D eigenvalue weighted by Gasteiger charge is 2.31. The summed E-state index contributed by atoms with van der Waals surface area (Å²) in [6.45, 7) is 6.30. The maximum Gasteiger partial charge on any atom is 0.416 e. The van der Waals surface area contributed by atoms with E-state index in [4.69, 9.17) is 9.47 Å². The van der Waals surface area contributed by atoms with Gasteiger partial charge < -0.3 is 19.7 Å². The standard InChI is InChI=1S/C26H34FN5O5S/c1-26(2,3)37-25(35)32-9-6-17-11-19(12-28-23(17)32)20-16-38-21(30-20)13-29-24(34)18-5-4-8-31(14-18)22(33)15-36-10-7-27/h11-12,16,18H,4-10,13-15H2,1-3H3,(H,29,34)/t18-/m0/s1. The first-order valence-corrected chi connectivity index (χ1v) is 13.7. The van der Waals surface area contributed by atoms with Gasteiger partial charge in [0.1, 0.15) is 29.7 Å². The van der Waals surface area contributed by atoms with E-state index in [-0.39, 0.29) is 30.9 Å². The average molecular weight is 548 g/mol. The summed E-state index contributed by atoms with van der Waals surface area (Å²) in [7, 11) is 0. The van der Waals surface area contributed by atoms with Crippen molar-refractivity contribution in [1.82, 2.24) is 20.2 Å². The fourth-order valence-corrected chi connectivity index (χ4v) is 5.20. The van der Waals surface area contributed by atoms with Crippen molar-refractivity contribution < 1.29 is 28.2 Å². The van der Waals surface area contributed by atoms with Gasteiger partial charge in [-0.2, -0.15) is 0 Å². The van der Waals surface area contributed by atoms with Crippen LogP contribution >= 0.6 is 11.3 Å². The van der Waals surface area contributed by atoms with E-state index in [1.165, 1.54) is 11.3 Å². The first-order chi connectivity index (χ1) is 18.1. The van der Waals surface area contributed by atoms with Gasteiger partial charge in [0.25, 0.3) is 0 Å². The third-order valence-corrected chi connectivity index (χ3v) is 7.12. The molecular formula is C26H34FN5O5S. The number of aromatic nitrogens is 2. The third kappa shape index (κ3) is 7.04. The van der Waals surface area contributed by atoms with E-state index in [1.54, 1.807) is 16.0 Å². The van der Waals surface area contributed by atoms with Gasteiger partial charge in [0.15, 0.2) is 0 Å². The molecule has 0 aromatic carbocycles. The molecule has 12 heteroatoms. The van der Waals surface area contributed by atoms with Crippen LogP contribution in [0.4, 0.5) is 15.0 Å². The lowest BCUT2D eigenvalue weighted by molar-refractivity contribution is -0.139. The van der Waals surface area contributed by atoms with Crippen molar-refractivity contribution in [2.24, 2.45) is 5.92 Å². The number of nitrogens with one attached hydrogen (secondary N) is 1. The second-order valence-corrected chi connectivity index (χ2v) is 11.3. The molecule has 0 spiro atoms. The number of carbonyl (C=O) groups is 3. The van der Waals surface area contributed by atoms with Gasteiger partial charge in [-0.3, -0.25) is 14.5 Å². The average Bonchev–Trinajstić information content (AvgIpc) is 3.53. The molecular weight excluding hydrogens is 513 g/mol. The zero-order chi connectivity index (χ0) is 27.3. The Bertz CT molecular complexity index is 1170. The van der Waals surface area contributed by atoms with Crippen molar-refractivity contribution >= 4 is 35.1 Å². The molecule has 1 atom stereocenters. The van der Waals surface area contributed by atoms with Crippen molar-refractivity contribution in [2.75, 3.05) is 44.4 Å². The van der Waals surface area contributed by atoms with Gasteiger partial charge in [-0.15, -0.1) is 11.3 Å². The predicted octanol–water partition coefficient (Wildman–Crippen LogP) is 3.34. The summed E-state index contributed by atoms with van der Waals surface area (Å²) < 4.78 is 22.7. The number of hydrogen-bond acceptors (Lipinski definition) is 8. The van der Waals surface area contributed by atoms with Crippen molar-refractivity contribution in [1.29, 1.82) is 0 Å². The van der Waals surface area contributed by atoms with Crippen molar-refractivity contribution in [2.45, 2.75) is 52.2 Å². The first-order valence-electron chi connectivity index (χ1n) is 12.8. The van der Waals surface area contributed by atoms with Gasteiger partial charge in [0.05, 0.1) is 24.8 Å². The fraction of sp³-hybridized carbons (Fsp3) is 0.577. The van der Waals surface area contributed by atoms with Crippen LogP contribution in [0.3, 0.4) is 0 Å². The van der Waals surface area contributed by atoms with E-state index in [0.717, 1.165) is 28.2 Å². The number of amides is 3. The summed E-state index contributed by atoms with van der Waals surface area (Å²) in [4.78, 5) is 49.9. The minimum Gasteiger partial charge on any atom is -0.443 e. The molecule has 4 heterocycles. The summed E-state index contributed by atoms with van der Waals surface area (Å²) in [5.41, 5.74) is 1.99. The minimum absolute atomic E-state index is 0.106. The van der Waals surface area contributed by atoms with Gasteiger partial charge in [-0.25, -0.2) is 19.2 Å². The van der Waals surface area contributed by atoms with Gasteiger partial charge >= 0.3 is 6.09 Å². The molecule has 2 aromatic rings. The molecule has 206 valence electrons. The summed E-state index contributed by atoms with van der Waals surface area (Å²) >= 11 is 1.44. The molecule has 0 bridgehead atoms. The van der Waals surface area contributed by atoms with Gasteiger partial charge in [-0.05, 0) is 51.7 Å². The Hall–Kier alpha value is -3.12. The number of nitrogens with zero attached hydrogens (tertiary/aromatic N) is 4. The van der Waals surface area contributed by atoms with Gasteiger partial charge in [0.2, 0.25) is 11.8 Å². The van der Waals surface area contributed by atoms with Crippen LogP contribution in [0.1, 0.15) is 44.2 Å². The lowest BCUT2D eigenvalue weighted by Gasteiger charge is -2.32. The van der Waals surface area contributed by atoms with Crippen molar-refractivity contribution in [3.63, 3.8) is 0 Å². The molecule has 4 rings (SSSR count). The highest BCUT2D eigenvalue weighted by Crippen LogP contribution is 2.31. The molecule has 1 saturated heterocycles. The van der Waals surface area contributed by atoms with E-state index in [9.17, 15) is 18.8 Å². The molecule has 38 heavy (non-hydrogen) atoms. The Morgan fingerprint density at radius 2 is 2.08 bits per heavy atom. The summed E-state index contributed by atoms with van der Waals surface area (Å²) in [5.74, 6) is -0.0371. The largest absolute Gasteiger partial charge is 0.443 e. The number of likely N-dealkylation sites (tertiary alicyclic amines) is 1. The Balaban J connectivity index is 1.31. The zero-order valence-electron chi connectivity index (χ0n) is 22.0. The number of piperidine rings is 1. The maximum atomic E-state index is 12.8. The van der Waals surface area contributed by atoms with E-state index >= 15 is 0 Å². The number of halogens is 1. The smallest absolute Gasteiger partial charge is 0.416 e. The van der Waals surface area contributed by atoms with Crippen LogP contribution in [-0.4, -0.2) is 77.9 Å². The van der Waals surface area contributed by atoms with Crippen LogP contribution in [0.15, 0.2) is 17.6 Å². The molecule has 0 unspecified atom stereocenters. The maximum absolute atomic E-state index is 12.8. The second-order valence-electron chi connectivity index (χ2n) is 10.4. The first kappa shape index (κ1) is 27.9. The topological polar surface area (TPSA) is 114 Å². The Labute approximate surface area is 225 Å². The van der Waals surface area contributed by atoms with E-state index in [1.807, 2.05) is 32.2 Å². The molecule has 1 N–H and O–H groups in total. The number of rotatable bonds is 8. The van der Waals surface area contributed by atoms with Gasteiger partial charge in [-0.1, -0.05) is 0 Å². The van der Waals surface area contributed by atoms with Crippen LogP contribution < -0.4 is 10.2 Å². The molecule has 0 aliphatic carbocycles. The van der Waals surface area contributed by atoms with Crippen LogP contribution in [0.5, 0.6) is 0 Å². The summed E-state index contributed by atoms with van der Waals surface area (Å²) in [5, 5.41) is 5.62. The van der Waals surface area contributed by atoms with E-state index < -0.39 is 18.4 Å². The van der Waals surface area contributed by atoms with Crippen molar-refractivity contribution in [3.05, 3.63) is 28.2 Å². The lowest BCUT2D eigenvalue weighted by Crippen LogP contribution is -2.46. The van der Waals surface area contributed by atoms with Gasteiger partial charge in [0, 0.05) is 36.8 Å². The molecule has 0 saturated carbocycles. The van der Waals surface area contributed by atoms with E-state index in [0.29, 0.717) is 44.8 Å². The number of alkyl halides is 1. The van der Waals surface area contributed by atoms with Crippen molar-refractivity contribution in [3.8, 4) is 11.3 Å². The molecule has 10 nitrogen and oxygen atoms in total. The minimum atomic E-state index is -0.632. The lowest BCUT2D eigenvalue weighted by atomic mass is 9.97. The van der Waals surface area contributed by atoms with E-state index in [2.05, 4.69) is 15.3 Å². The normalized spacial score (nSPS) is 17.3.